The van der Waals surface area contributed by atoms with Crippen molar-refractivity contribution < 1.29 is 18.0 Å². The lowest BCUT2D eigenvalue weighted by Crippen LogP contribution is -2.44. The van der Waals surface area contributed by atoms with Gasteiger partial charge < -0.3 is 0 Å². The molecule has 108 valence electrons. The minimum atomic E-state index is -3.41. The Hall–Kier alpha value is -1.02. The quantitative estimate of drug-likeness (QED) is 0.788. The average molecular weight is 306 g/mol. The number of hydrogen-bond acceptors (Lipinski definition) is 6. The maximum absolute atomic E-state index is 12.2. The number of carbonyl (C=O) groups is 2. The van der Waals surface area contributed by atoms with Gasteiger partial charge in [-0.2, -0.15) is 0 Å². The largest absolute Gasteiger partial charge is 0.294 e. The molecule has 1 unspecified atom stereocenters. The van der Waals surface area contributed by atoms with Gasteiger partial charge in [-0.3, -0.25) is 20.0 Å². The number of Topliss-reactive ketones (excluding diaryl/α,β-unsaturated/α-hetero) is 1. The monoisotopic (exact) mass is 306 g/mol. The van der Waals surface area contributed by atoms with E-state index in [9.17, 15) is 18.0 Å². The van der Waals surface area contributed by atoms with Crippen LogP contribution >= 0.6 is 11.8 Å². The lowest BCUT2D eigenvalue weighted by atomic mass is 10.4. The van der Waals surface area contributed by atoms with E-state index in [1.54, 1.807) is 0 Å². The van der Waals surface area contributed by atoms with Crippen molar-refractivity contribution >= 4 is 33.3 Å². The van der Waals surface area contributed by atoms with Crippen LogP contribution in [-0.4, -0.2) is 35.6 Å². The molecule has 6 nitrogen and oxygen atoms in total. The van der Waals surface area contributed by atoms with E-state index >= 15 is 0 Å². The van der Waals surface area contributed by atoms with E-state index in [2.05, 4.69) is 5.43 Å². The number of rotatable bonds is 6. The number of unbranched alkanes of at least 4 members (excludes halogenated alkanes) is 1. The second-order valence-corrected chi connectivity index (χ2v) is 7.87. The Labute approximate surface area is 117 Å². The molecule has 0 bridgehead atoms. The topological polar surface area (TPSA) is 83.6 Å². The van der Waals surface area contributed by atoms with Gasteiger partial charge in [-0.05, 0) is 13.3 Å². The fourth-order valence-electron chi connectivity index (χ4n) is 1.52. The van der Waals surface area contributed by atoms with Crippen LogP contribution in [0.2, 0.25) is 0 Å². The molecule has 1 aliphatic heterocycles. The maximum Gasteiger partial charge on any atom is 0.235 e. The number of sulfone groups is 1. The molecule has 1 rings (SSSR count). The average Bonchev–Trinajstić information content (AvgIpc) is 2.70. The molecule has 0 aliphatic carbocycles. The van der Waals surface area contributed by atoms with Crippen molar-refractivity contribution in [1.29, 1.82) is 0 Å². The van der Waals surface area contributed by atoms with E-state index in [4.69, 9.17) is 0 Å². The first-order chi connectivity index (χ1) is 8.77. The molecule has 0 aromatic rings. The molecular formula is C11H18N2O4S2. The van der Waals surface area contributed by atoms with Gasteiger partial charge in [-0.15, -0.1) is 0 Å². The summed E-state index contributed by atoms with van der Waals surface area (Å²) in [4.78, 5) is 22.8. The molecule has 1 amide bonds. The minimum Gasteiger partial charge on any atom is -0.294 e. The Kier molecular flexibility index (Phi) is 5.42. The van der Waals surface area contributed by atoms with Gasteiger partial charge in [0.25, 0.3) is 0 Å². The lowest BCUT2D eigenvalue weighted by molar-refractivity contribution is -0.122. The van der Waals surface area contributed by atoms with Crippen LogP contribution in [0.25, 0.3) is 0 Å². The zero-order valence-electron chi connectivity index (χ0n) is 11.2. The predicted octanol–water partition coefficient (Wildman–Crippen LogP) is 1.02. The third-order valence-electron chi connectivity index (χ3n) is 2.43. The first-order valence-corrected chi connectivity index (χ1v) is 8.54. The number of nitrogens with zero attached hydrogens (tertiary/aromatic N) is 1. The standard InChI is InChI=1S/C11H18N2O4S2/c1-4-5-6-19(16,17)11-13(12-9(3)15)7-10(18-11)8(2)14/h7,11H,4-6H2,1-3H3,(H,12,15). The molecule has 0 saturated heterocycles. The second-order valence-electron chi connectivity index (χ2n) is 4.27. The molecule has 1 atom stereocenters. The fourth-order valence-corrected chi connectivity index (χ4v) is 4.84. The smallest absolute Gasteiger partial charge is 0.235 e. The highest BCUT2D eigenvalue weighted by atomic mass is 32.3. The van der Waals surface area contributed by atoms with Crippen LogP contribution < -0.4 is 5.43 Å². The number of carbonyl (C=O) groups excluding carboxylic acids is 2. The van der Waals surface area contributed by atoms with Gasteiger partial charge in [0, 0.05) is 13.1 Å². The van der Waals surface area contributed by atoms with Gasteiger partial charge in [0.1, 0.15) is 0 Å². The zero-order chi connectivity index (χ0) is 14.6. The molecule has 0 radical (unpaired) electrons. The van der Waals surface area contributed by atoms with E-state index in [-0.39, 0.29) is 17.4 Å². The van der Waals surface area contributed by atoms with E-state index in [0.717, 1.165) is 18.2 Å². The number of hydrogen-bond donors (Lipinski definition) is 1. The summed E-state index contributed by atoms with van der Waals surface area (Å²) in [5.74, 6) is -0.554. The predicted molar refractivity (Wildman–Crippen MR) is 74.5 cm³/mol. The van der Waals surface area contributed by atoms with E-state index in [1.165, 1.54) is 25.1 Å². The number of amides is 1. The van der Waals surface area contributed by atoms with Crippen LogP contribution in [-0.2, 0) is 19.4 Å². The Morgan fingerprint density at radius 2 is 2.05 bits per heavy atom. The van der Waals surface area contributed by atoms with Crippen LogP contribution in [0.5, 0.6) is 0 Å². The van der Waals surface area contributed by atoms with Gasteiger partial charge in [0.2, 0.25) is 10.6 Å². The highest BCUT2D eigenvalue weighted by Crippen LogP contribution is 2.35. The van der Waals surface area contributed by atoms with Crippen molar-refractivity contribution in [3.63, 3.8) is 0 Å². The van der Waals surface area contributed by atoms with Crippen LogP contribution in [0, 0.1) is 0 Å². The summed E-state index contributed by atoms with van der Waals surface area (Å²) in [5.41, 5.74) is 2.43. The third-order valence-corrected chi connectivity index (χ3v) is 6.38. The summed E-state index contributed by atoms with van der Waals surface area (Å²) in [7, 11) is -3.41. The summed E-state index contributed by atoms with van der Waals surface area (Å²) >= 11 is 0.961. The Morgan fingerprint density at radius 1 is 1.42 bits per heavy atom. The molecule has 0 saturated carbocycles. The van der Waals surface area contributed by atoms with Crippen molar-refractivity contribution in [1.82, 2.24) is 10.4 Å². The van der Waals surface area contributed by atoms with Gasteiger partial charge >= 0.3 is 0 Å². The first-order valence-electron chi connectivity index (χ1n) is 5.94. The molecule has 0 aromatic carbocycles. The second kappa shape index (κ2) is 6.42. The van der Waals surface area contributed by atoms with Crippen molar-refractivity contribution in [3.8, 4) is 0 Å². The van der Waals surface area contributed by atoms with Crippen LogP contribution in [0.3, 0.4) is 0 Å². The molecule has 1 N–H and O–H groups in total. The SMILES string of the molecule is CCCCS(=O)(=O)C1SC(C(C)=O)=CN1NC(C)=O. The Balaban J connectivity index is 2.93. The number of thioether (sulfide) groups is 1. The minimum absolute atomic E-state index is 0.0380. The van der Waals surface area contributed by atoms with Gasteiger partial charge in [0.15, 0.2) is 15.6 Å². The van der Waals surface area contributed by atoms with Gasteiger partial charge in [-0.25, -0.2) is 8.42 Å². The van der Waals surface area contributed by atoms with E-state index in [1.807, 2.05) is 6.92 Å². The highest BCUT2D eigenvalue weighted by Gasteiger charge is 2.37. The molecule has 0 fully saturated rings. The van der Waals surface area contributed by atoms with Crippen LogP contribution in [0.15, 0.2) is 11.1 Å². The fraction of sp³-hybridized carbons (Fsp3) is 0.636. The summed E-state index contributed by atoms with van der Waals surface area (Å²) in [6, 6.07) is 0. The van der Waals surface area contributed by atoms with E-state index in [0.29, 0.717) is 11.3 Å². The number of nitrogens with one attached hydrogen (secondary N) is 1. The van der Waals surface area contributed by atoms with Gasteiger partial charge in [-0.1, -0.05) is 25.1 Å². The molecular weight excluding hydrogens is 288 g/mol. The summed E-state index contributed by atoms with van der Waals surface area (Å²) in [5, 5.41) is 1.20. The first kappa shape index (κ1) is 16.0. The zero-order valence-corrected chi connectivity index (χ0v) is 12.8. The third kappa shape index (κ3) is 4.24. The van der Waals surface area contributed by atoms with Crippen molar-refractivity contribution in [2.45, 2.75) is 38.3 Å². The summed E-state index contributed by atoms with van der Waals surface area (Å²) in [6.07, 6.45) is 2.70. The molecule has 8 heteroatoms. The molecule has 19 heavy (non-hydrogen) atoms. The Bertz CT molecular complexity index is 499. The number of hydrazine groups is 1. The molecule has 1 aliphatic rings. The maximum atomic E-state index is 12.2. The summed E-state index contributed by atoms with van der Waals surface area (Å²) in [6.45, 7) is 4.56. The normalized spacial score (nSPS) is 19.2. The van der Waals surface area contributed by atoms with Gasteiger partial charge in [0.05, 0.1) is 10.7 Å². The van der Waals surface area contributed by atoms with Crippen LogP contribution in [0.1, 0.15) is 33.6 Å². The molecule has 0 spiro atoms. The number of ketones is 1. The number of allylic oxidation sites excluding steroid dienone is 1. The van der Waals surface area contributed by atoms with Crippen molar-refractivity contribution in [2.75, 3.05) is 5.75 Å². The Morgan fingerprint density at radius 3 is 2.53 bits per heavy atom. The highest BCUT2D eigenvalue weighted by molar-refractivity contribution is 8.16. The van der Waals surface area contributed by atoms with Crippen molar-refractivity contribution in [3.05, 3.63) is 11.1 Å². The van der Waals surface area contributed by atoms with E-state index < -0.39 is 14.5 Å². The summed E-state index contributed by atoms with van der Waals surface area (Å²) < 4.78 is 23.4. The lowest BCUT2D eigenvalue weighted by Gasteiger charge is -2.24. The molecule has 0 aromatic heterocycles. The molecule has 1 heterocycles. The van der Waals surface area contributed by atoms with Crippen molar-refractivity contribution in [2.24, 2.45) is 0 Å². The van der Waals surface area contributed by atoms with Crippen LogP contribution in [0.4, 0.5) is 0 Å².